The molecule has 4 nitrogen and oxygen atoms in total. The number of carboxylic acids is 1. The second-order valence-corrected chi connectivity index (χ2v) is 3.20. The van der Waals surface area contributed by atoms with Crippen molar-refractivity contribution < 1.29 is 19.9 Å². The minimum atomic E-state index is -2.06. The summed E-state index contributed by atoms with van der Waals surface area (Å²) in [5.41, 5.74) is 0. The monoisotopic (exact) mass is 164 g/mol. The van der Waals surface area contributed by atoms with Crippen LogP contribution in [0.25, 0.3) is 0 Å². The van der Waals surface area contributed by atoms with Crippen molar-refractivity contribution in [3.63, 3.8) is 0 Å². The van der Waals surface area contributed by atoms with Crippen LogP contribution in [0, 0.1) is 0 Å². The highest BCUT2D eigenvalue weighted by molar-refractivity contribution is 7.53. The molecule has 0 amide bonds. The Morgan fingerprint density at radius 1 is 1.70 bits per heavy atom. The highest BCUT2D eigenvalue weighted by Gasteiger charge is 2.14. The third kappa shape index (κ3) is 2.43. The van der Waals surface area contributed by atoms with E-state index < -0.39 is 20.1 Å². The molecule has 10 heavy (non-hydrogen) atoms. The number of carbonyl (C=O) groups is 1. The first-order valence-corrected chi connectivity index (χ1v) is 4.22. The van der Waals surface area contributed by atoms with Gasteiger partial charge < -0.3 is 15.1 Å². The zero-order chi connectivity index (χ0) is 8.15. The van der Waals surface area contributed by atoms with Crippen LogP contribution >= 0.6 is 7.77 Å². The molecule has 0 aromatic carbocycles. The SMILES string of the molecule is CCC(C(=O)O)=[P+]([O-])CO. The Bertz CT molecular complexity index is 163. The van der Waals surface area contributed by atoms with Crippen LogP contribution in [-0.2, 0) is 4.79 Å². The Morgan fingerprint density at radius 3 is 2.30 bits per heavy atom. The highest BCUT2D eigenvalue weighted by Crippen LogP contribution is 2.12. The van der Waals surface area contributed by atoms with Gasteiger partial charge in [-0.1, -0.05) is 6.92 Å². The van der Waals surface area contributed by atoms with Crippen molar-refractivity contribution >= 4 is 19.0 Å². The molecule has 0 aliphatic rings. The van der Waals surface area contributed by atoms with Crippen molar-refractivity contribution in [2.24, 2.45) is 0 Å². The summed E-state index contributed by atoms with van der Waals surface area (Å²) >= 11 is 0. The van der Waals surface area contributed by atoms with E-state index in [1.54, 1.807) is 6.92 Å². The summed E-state index contributed by atoms with van der Waals surface area (Å²) in [6.45, 7) is 1.59. The van der Waals surface area contributed by atoms with Gasteiger partial charge in [0, 0.05) is 6.42 Å². The molecule has 0 aliphatic carbocycles. The lowest BCUT2D eigenvalue weighted by Gasteiger charge is -1.96. The quantitative estimate of drug-likeness (QED) is 0.543. The van der Waals surface area contributed by atoms with Gasteiger partial charge in [0.05, 0.1) is 7.77 Å². The van der Waals surface area contributed by atoms with Crippen LogP contribution in [-0.4, -0.2) is 27.8 Å². The minimum absolute atomic E-state index is 0.0995. The fourth-order valence-electron chi connectivity index (χ4n) is 0.520. The second kappa shape index (κ2) is 4.39. The second-order valence-electron chi connectivity index (χ2n) is 1.63. The van der Waals surface area contributed by atoms with Crippen molar-refractivity contribution in [2.45, 2.75) is 13.3 Å². The first kappa shape index (κ1) is 9.56. The molecule has 0 aromatic heterocycles. The van der Waals surface area contributed by atoms with E-state index in [4.69, 9.17) is 10.2 Å². The van der Waals surface area contributed by atoms with Crippen LogP contribution in [0.15, 0.2) is 0 Å². The maximum Gasteiger partial charge on any atom is 0.374 e. The van der Waals surface area contributed by atoms with Gasteiger partial charge in [0.25, 0.3) is 0 Å². The number of aliphatic hydroxyl groups excluding tert-OH is 1. The molecule has 0 rings (SSSR count). The fourth-order valence-corrected chi connectivity index (χ4v) is 1.26. The van der Waals surface area contributed by atoms with Crippen molar-refractivity contribution in [3.8, 4) is 0 Å². The number of aliphatic hydroxyl groups is 1. The zero-order valence-corrected chi connectivity index (χ0v) is 6.47. The van der Waals surface area contributed by atoms with Gasteiger partial charge in [-0.3, -0.25) is 0 Å². The van der Waals surface area contributed by atoms with Crippen molar-refractivity contribution in [1.82, 2.24) is 0 Å². The Hall–Kier alpha value is -0.440. The molecular weight excluding hydrogens is 155 g/mol. The topological polar surface area (TPSA) is 80.6 Å². The van der Waals surface area contributed by atoms with Gasteiger partial charge in [-0.05, 0) is 0 Å². The van der Waals surface area contributed by atoms with Gasteiger partial charge in [-0.15, -0.1) is 0 Å². The maximum absolute atomic E-state index is 10.7. The van der Waals surface area contributed by atoms with Gasteiger partial charge in [-0.25, -0.2) is 4.79 Å². The summed E-state index contributed by atoms with van der Waals surface area (Å²) in [6.07, 6.45) is -0.365. The van der Waals surface area contributed by atoms with Gasteiger partial charge in [0.2, 0.25) is 5.29 Å². The summed E-state index contributed by atoms with van der Waals surface area (Å²) in [5.74, 6) is -1.18. The molecule has 0 aliphatic heterocycles. The van der Waals surface area contributed by atoms with Crippen LogP contribution < -0.4 is 4.89 Å². The molecule has 58 valence electrons. The standard InChI is InChI=1S/C5H9O4P/c1-2-4(5(7)8)10(9)3-6/h6H,2-3H2,1H3,(H,7,8). The molecule has 2 N–H and O–H groups in total. The van der Waals surface area contributed by atoms with Gasteiger partial charge in [0.1, 0.15) is 0 Å². The van der Waals surface area contributed by atoms with E-state index in [2.05, 4.69) is 0 Å². The summed E-state index contributed by atoms with van der Waals surface area (Å²) < 4.78 is 0. The first-order chi connectivity index (χ1) is 4.63. The van der Waals surface area contributed by atoms with Gasteiger partial charge in [-0.2, -0.15) is 0 Å². The van der Waals surface area contributed by atoms with E-state index in [0.29, 0.717) is 0 Å². The Kier molecular flexibility index (Phi) is 4.19. The van der Waals surface area contributed by atoms with Crippen LogP contribution in [0.4, 0.5) is 0 Å². The molecule has 0 saturated heterocycles. The number of rotatable bonds is 3. The lowest BCUT2D eigenvalue weighted by atomic mass is 10.3. The van der Waals surface area contributed by atoms with E-state index in [1.165, 1.54) is 0 Å². The lowest BCUT2D eigenvalue weighted by Crippen LogP contribution is -2.14. The molecule has 0 heterocycles. The molecule has 0 radical (unpaired) electrons. The van der Waals surface area contributed by atoms with Crippen LogP contribution in [0.5, 0.6) is 0 Å². The van der Waals surface area contributed by atoms with Crippen molar-refractivity contribution in [2.75, 3.05) is 6.35 Å². The summed E-state index contributed by atoms with van der Waals surface area (Å²) in [7, 11) is -2.06. The fraction of sp³-hybridized carbons (Fsp3) is 0.600. The van der Waals surface area contributed by atoms with E-state index in [0.717, 1.165) is 0 Å². The van der Waals surface area contributed by atoms with E-state index in [-0.39, 0.29) is 11.7 Å². The predicted octanol–water partition coefficient (Wildman–Crippen LogP) is -0.640. The average Bonchev–Trinajstić information content (AvgIpc) is 1.88. The Balaban J connectivity index is 4.45. The number of carboxylic acid groups (broad SMARTS) is 1. The number of hydrogen-bond acceptors (Lipinski definition) is 3. The van der Waals surface area contributed by atoms with E-state index in [9.17, 15) is 9.69 Å². The van der Waals surface area contributed by atoms with E-state index in [1.807, 2.05) is 0 Å². The molecule has 0 fully saturated rings. The summed E-state index contributed by atoms with van der Waals surface area (Å²) in [4.78, 5) is 20.9. The molecular formula is C5H9O4P. The van der Waals surface area contributed by atoms with Crippen LogP contribution in [0.2, 0.25) is 0 Å². The molecule has 0 saturated carbocycles. The molecule has 1 atom stereocenters. The first-order valence-electron chi connectivity index (χ1n) is 2.78. The summed E-state index contributed by atoms with van der Waals surface area (Å²) in [6, 6.07) is 0. The Morgan fingerprint density at radius 2 is 2.20 bits per heavy atom. The van der Waals surface area contributed by atoms with Crippen molar-refractivity contribution in [3.05, 3.63) is 0 Å². The third-order valence-electron chi connectivity index (χ3n) is 1.01. The van der Waals surface area contributed by atoms with Gasteiger partial charge in [0.15, 0.2) is 6.35 Å². The summed E-state index contributed by atoms with van der Waals surface area (Å²) in [5, 5.41) is 16.6. The largest absolute Gasteiger partial charge is 0.628 e. The van der Waals surface area contributed by atoms with Gasteiger partial charge >= 0.3 is 5.97 Å². The highest BCUT2D eigenvalue weighted by atomic mass is 31.1. The molecule has 0 spiro atoms. The minimum Gasteiger partial charge on any atom is -0.628 e. The zero-order valence-electron chi connectivity index (χ0n) is 5.57. The lowest BCUT2D eigenvalue weighted by molar-refractivity contribution is -0.156. The van der Waals surface area contributed by atoms with E-state index >= 15 is 0 Å². The predicted molar refractivity (Wildman–Crippen MR) is 36.9 cm³/mol. The molecule has 1 unspecified atom stereocenters. The van der Waals surface area contributed by atoms with Crippen molar-refractivity contribution in [1.29, 1.82) is 0 Å². The number of hydrogen-bond donors (Lipinski definition) is 2. The Labute approximate surface area is 59.6 Å². The third-order valence-corrected chi connectivity index (χ3v) is 2.38. The molecule has 5 heteroatoms. The average molecular weight is 164 g/mol. The maximum atomic E-state index is 10.7. The normalized spacial score (nSPS) is 12.7. The smallest absolute Gasteiger partial charge is 0.374 e. The molecule has 0 bridgehead atoms. The van der Waals surface area contributed by atoms with Crippen LogP contribution in [0.3, 0.4) is 0 Å². The number of aliphatic carboxylic acids is 1. The van der Waals surface area contributed by atoms with Crippen LogP contribution in [0.1, 0.15) is 13.3 Å². The molecule has 0 aromatic rings.